The smallest absolute Gasteiger partial charge is 0.407 e. The first-order valence-corrected chi connectivity index (χ1v) is 7.48. The molecule has 5 heteroatoms. The van der Waals surface area contributed by atoms with Crippen LogP contribution in [0.25, 0.3) is 0 Å². The van der Waals surface area contributed by atoms with Gasteiger partial charge < -0.3 is 14.8 Å². The summed E-state index contributed by atoms with van der Waals surface area (Å²) in [4.78, 5) is 24.2. The number of ether oxygens (including phenoxy) is 2. The van der Waals surface area contributed by atoms with Crippen molar-refractivity contribution in [1.29, 1.82) is 0 Å². The third-order valence-electron chi connectivity index (χ3n) is 3.98. The second-order valence-corrected chi connectivity index (χ2v) is 5.50. The maximum absolute atomic E-state index is 12.1. The molecule has 0 saturated carbocycles. The Morgan fingerprint density at radius 3 is 2.57 bits per heavy atom. The summed E-state index contributed by atoms with van der Waals surface area (Å²) in [7, 11) is 0. The van der Waals surface area contributed by atoms with Gasteiger partial charge in [0.1, 0.15) is 13.2 Å². The van der Waals surface area contributed by atoms with Crippen molar-refractivity contribution in [2.24, 2.45) is 5.41 Å². The Bertz CT molecular complexity index is 572. The predicted molar refractivity (Wildman–Crippen MR) is 86.6 cm³/mol. The average molecular weight is 315 g/mol. The molecule has 1 atom stereocenters. The summed E-state index contributed by atoms with van der Waals surface area (Å²) in [6.07, 6.45) is 3.54. The summed E-state index contributed by atoms with van der Waals surface area (Å²) >= 11 is 0. The molecular formula is C18H21NO4. The van der Waals surface area contributed by atoms with Gasteiger partial charge in [-0.3, -0.25) is 4.79 Å². The maximum atomic E-state index is 12.1. The van der Waals surface area contributed by atoms with Gasteiger partial charge in [-0.2, -0.15) is 0 Å². The SMILES string of the molecule is C=CCC1(CC=C)C(=O)OC[C@@H]1NC(=O)OCc1ccccc1. The van der Waals surface area contributed by atoms with Crippen LogP contribution in [0, 0.1) is 5.41 Å². The zero-order valence-electron chi connectivity index (χ0n) is 13.0. The van der Waals surface area contributed by atoms with Crippen molar-refractivity contribution < 1.29 is 19.1 Å². The number of amides is 1. The number of hydrogen-bond donors (Lipinski definition) is 1. The van der Waals surface area contributed by atoms with Gasteiger partial charge in [0.15, 0.2) is 0 Å². The largest absolute Gasteiger partial charge is 0.463 e. The summed E-state index contributed by atoms with van der Waals surface area (Å²) < 4.78 is 10.4. The van der Waals surface area contributed by atoms with Crippen molar-refractivity contribution >= 4 is 12.1 Å². The molecule has 0 bridgehead atoms. The Balaban J connectivity index is 1.99. The maximum Gasteiger partial charge on any atom is 0.407 e. The minimum absolute atomic E-state index is 0.126. The molecule has 2 rings (SSSR count). The minimum Gasteiger partial charge on any atom is -0.463 e. The van der Waals surface area contributed by atoms with Crippen LogP contribution >= 0.6 is 0 Å². The van der Waals surface area contributed by atoms with E-state index in [0.717, 1.165) is 5.56 Å². The lowest BCUT2D eigenvalue weighted by molar-refractivity contribution is -0.146. The normalized spacial score (nSPS) is 18.8. The van der Waals surface area contributed by atoms with Crippen molar-refractivity contribution in [3.8, 4) is 0 Å². The summed E-state index contributed by atoms with van der Waals surface area (Å²) in [5.41, 5.74) is 0.0415. The van der Waals surface area contributed by atoms with Crippen LogP contribution in [0.4, 0.5) is 4.79 Å². The summed E-state index contributed by atoms with van der Waals surface area (Å²) in [6, 6.07) is 8.92. The minimum atomic E-state index is -0.852. The molecule has 1 saturated heterocycles. The standard InChI is InChI=1S/C18H21NO4/c1-3-10-18(11-4-2)15(13-22-16(18)20)19-17(21)23-12-14-8-6-5-7-9-14/h3-9,15H,1-2,10-13H2,(H,19,21)/t15-/m0/s1. The van der Waals surface area contributed by atoms with Gasteiger partial charge in [-0.15, -0.1) is 13.2 Å². The number of alkyl carbamates (subject to hydrolysis) is 1. The molecular weight excluding hydrogens is 294 g/mol. The van der Waals surface area contributed by atoms with Gasteiger partial charge in [-0.05, 0) is 18.4 Å². The Kier molecular flexibility index (Phi) is 5.57. The van der Waals surface area contributed by atoms with Crippen LogP contribution in [0.15, 0.2) is 55.6 Å². The van der Waals surface area contributed by atoms with Crippen molar-refractivity contribution in [2.45, 2.75) is 25.5 Å². The van der Waals surface area contributed by atoms with Gasteiger partial charge in [0, 0.05) is 0 Å². The molecule has 1 aliphatic heterocycles. The van der Waals surface area contributed by atoms with E-state index in [2.05, 4.69) is 18.5 Å². The Morgan fingerprint density at radius 1 is 1.30 bits per heavy atom. The van der Waals surface area contributed by atoms with Gasteiger partial charge in [-0.25, -0.2) is 4.79 Å². The average Bonchev–Trinajstić information content (AvgIpc) is 2.84. The first-order chi connectivity index (χ1) is 11.1. The van der Waals surface area contributed by atoms with E-state index in [0.29, 0.717) is 12.8 Å². The second kappa shape index (κ2) is 7.63. The van der Waals surface area contributed by atoms with Crippen molar-refractivity contribution in [3.63, 3.8) is 0 Å². The molecule has 1 amide bonds. The third kappa shape index (κ3) is 3.80. The van der Waals surface area contributed by atoms with Crippen molar-refractivity contribution in [2.75, 3.05) is 6.61 Å². The monoisotopic (exact) mass is 315 g/mol. The predicted octanol–water partition coefficient (Wildman–Crippen LogP) is 2.98. The molecule has 0 aromatic heterocycles. The lowest BCUT2D eigenvalue weighted by Gasteiger charge is -2.29. The molecule has 0 aliphatic carbocycles. The molecule has 1 aliphatic rings. The molecule has 1 N–H and O–H groups in total. The van der Waals surface area contributed by atoms with Gasteiger partial charge in [-0.1, -0.05) is 42.5 Å². The molecule has 23 heavy (non-hydrogen) atoms. The topological polar surface area (TPSA) is 64.6 Å². The zero-order chi connectivity index (χ0) is 16.7. The highest BCUT2D eigenvalue weighted by Crippen LogP contribution is 2.38. The molecule has 5 nitrogen and oxygen atoms in total. The summed E-state index contributed by atoms with van der Waals surface area (Å²) in [5, 5.41) is 2.74. The van der Waals surface area contributed by atoms with E-state index < -0.39 is 17.6 Å². The first-order valence-electron chi connectivity index (χ1n) is 7.48. The number of esters is 1. The van der Waals surface area contributed by atoms with Gasteiger partial charge >= 0.3 is 12.1 Å². The third-order valence-corrected chi connectivity index (χ3v) is 3.98. The number of cyclic esters (lactones) is 1. The Hall–Kier alpha value is -2.56. The van der Waals surface area contributed by atoms with E-state index in [1.807, 2.05) is 30.3 Å². The van der Waals surface area contributed by atoms with Crippen LogP contribution in [0.1, 0.15) is 18.4 Å². The van der Waals surface area contributed by atoms with Crippen molar-refractivity contribution in [1.82, 2.24) is 5.32 Å². The fraction of sp³-hybridized carbons (Fsp3) is 0.333. The number of hydrogen-bond acceptors (Lipinski definition) is 4. The van der Waals surface area contributed by atoms with Crippen molar-refractivity contribution in [3.05, 3.63) is 61.2 Å². The highest BCUT2D eigenvalue weighted by Gasteiger charge is 2.51. The molecule has 0 spiro atoms. The number of nitrogens with one attached hydrogen (secondary N) is 1. The van der Waals surface area contributed by atoms with Crippen LogP contribution in [0.3, 0.4) is 0 Å². The van der Waals surface area contributed by atoms with Crippen LogP contribution in [-0.2, 0) is 20.9 Å². The van der Waals surface area contributed by atoms with Gasteiger partial charge in [0.2, 0.25) is 0 Å². The quantitative estimate of drug-likeness (QED) is 0.620. The highest BCUT2D eigenvalue weighted by molar-refractivity contribution is 5.82. The molecule has 1 aromatic carbocycles. The van der Waals surface area contributed by atoms with E-state index >= 15 is 0 Å². The second-order valence-electron chi connectivity index (χ2n) is 5.50. The van der Waals surface area contributed by atoms with E-state index in [9.17, 15) is 9.59 Å². The van der Waals surface area contributed by atoms with E-state index in [4.69, 9.17) is 9.47 Å². The Morgan fingerprint density at radius 2 is 1.96 bits per heavy atom. The molecule has 1 heterocycles. The molecule has 1 aromatic rings. The lowest BCUT2D eigenvalue weighted by Crippen LogP contribution is -2.48. The number of allylic oxidation sites excluding steroid dienone is 2. The fourth-order valence-corrected chi connectivity index (χ4v) is 2.74. The molecule has 0 radical (unpaired) electrons. The van der Waals surface area contributed by atoms with Crippen LogP contribution in [0.5, 0.6) is 0 Å². The van der Waals surface area contributed by atoms with E-state index in [-0.39, 0.29) is 19.2 Å². The van der Waals surface area contributed by atoms with E-state index in [1.54, 1.807) is 12.2 Å². The van der Waals surface area contributed by atoms with Gasteiger partial charge in [0.25, 0.3) is 0 Å². The Labute approximate surface area is 136 Å². The van der Waals surface area contributed by atoms with E-state index in [1.165, 1.54) is 0 Å². The highest BCUT2D eigenvalue weighted by atomic mass is 16.6. The van der Waals surface area contributed by atoms with Crippen LogP contribution in [-0.4, -0.2) is 24.7 Å². The number of carbonyl (C=O) groups excluding carboxylic acids is 2. The summed E-state index contributed by atoms with van der Waals surface area (Å²) in [5.74, 6) is -0.342. The van der Waals surface area contributed by atoms with Gasteiger partial charge in [0.05, 0.1) is 11.5 Å². The number of carbonyl (C=O) groups is 2. The van der Waals surface area contributed by atoms with Crippen LogP contribution < -0.4 is 5.32 Å². The fourth-order valence-electron chi connectivity index (χ4n) is 2.74. The first kappa shape index (κ1) is 16.8. The number of benzene rings is 1. The molecule has 1 fully saturated rings. The zero-order valence-corrected chi connectivity index (χ0v) is 13.0. The number of rotatable bonds is 7. The molecule has 122 valence electrons. The van der Waals surface area contributed by atoms with Crippen LogP contribution in [0.2, 0.25) is 0 Å². The summed E-state index contributed by atoms with van der Waals surface area (Å²) in [6.45, 7) is 7.68. The molecule has 0 unspecified atom stereocenters. The lowest BCUT2D eigenvalue weighted by atomic mass is 9.76.